The van der Waals surface area contributed by atoms with Gasteiger partial charge in [0.15, 0.2) is 0 Å². The third-order valence-electron chi connectivity index (χ3n) is 3.18. The van der Waals surface area contributed by atoms with Crippen molar-refractivity contribution >= 4 is 28.0 Å². The van der Waals surface area contributed by atoms with Crippen molar-refractivity contribution in [3.63, 3.8) is 0 Å². The largest absolute Gasteiger partial charge is 0.397 e. The van der Waals surface area contributed by atoms with Crippen LogP contribution in [0.2, 0.25) is 0 Å². The van der Waals surface area contributed by atoms with Crippen LogP contribution in [0.15, 0.2) is 30.6 Å². The Kier molecular flexibility index (Phi) is 3.02. The number of anilines is 3. The van der Waals surface area contributed by atoms with Crippen molar-refractivity contribution in [2.75, 3.05) is 41.7 Å². The maximum Gasteiger partial charge on any atom is 0.205 e. The van der Waals surface area contributed by atoms with Crippen LogP contribution in [0.3, 0.4) is 0 Å². The standard InChI is InChI=1S/C12H15N5S/c13-10-3-1-2-4-11(10)16-5-7-17(8-6-16)12-14-9-15-18-12/h1-4,9H,5-8,13H2. The molecule has 1 fully saturated rings. The van der Waals surface area contributed by atoms with Crippen LogP contribution in [0.1, 0.15) is 0 Å². The topological polar surface area (TPSA) is 58.3 Å². The molecule has 2 heterocycles. The van der Waals surface area contributed by atoms with Crippen molar-refractivity contribution in [3.8, 4) is 0 Å². The third-order valence-corrected chi connectivity index (χ3v) is 3.90. The van der Waals surface area contributed by atoms with Crippen LogP contribution in [-0.4, -0.2) is 35.5 Å². The summed E-state index contributed by atoms with van der Waals surface area (Å²) < 4.78 is 4.04. The lowest BCUT2D eigenvalue weighted by Crippen LogP contribution is -2.46. The number of rotatable bonds is 2. The van der Waals surface area contributed by atoms with Crippen molar-refractivity contribution in [3.05, 3.63) is 30.6 Å². The normalized spacial score (nSPS) is 16.0. The molecule has 94 valence electrons. The minimum atomic E-state index is 0.849. The molecule has 0 aliphatic carbocycles. The number of nitrogens with two attached hydrogens (primary N) is 1. The lowest BCUT2D eigenvalue weighted by atomic mass is 10.2. The Bertz CT molecular complexity index is 505. The molecule has 1 aliphatic heterocycles. The van der Waals surface area contributed by atoms with E-state index in [1.54, 1.807) is 6.33 Å². The summed E-state index contributed by atoms with van der Waals surface area (Å²) in [6, 6.07) is 8.03. The van der Waals surface area contributed by atoms with Crippen molar-refractivity contribution in [1.29, 1.82) is 0 Å². The zero-order valence-corrected chi connectivity index (χ0v) is 10.8. The number of benzene rings is 1. The van der Waals surface area contributed by atoms with E-state index in [2.05, 4.69) is 25.2 Å². The summed E-state index contributed by atoms with van der Waals surface area (Å²) in [6.45, 7) is 3.86. The molecule has 0 saturated carbocycles. The number of hydrogen-bond donors (Lipinski definition) is 1. The first-order chi connectivity index (χ1) is 8.84. The predicted molar refractivity (Wildman–Crippen MR) is 75.2 cm³/mol. The summed E-state index contributed by atoms with van der Waals surface area (Å²) in [6.07, 6.45) is 1.61. The molecule has 0 amide bonds. The third kappa shape index (κ3) is 2.11. The maximum atomic E-state index is 6.01. The highest BCUT2D eigenvalue weighted by Crippen LogP contribution is 2.25. The molecule has 5 nitrogen and oxygen atoms in total. The number of para-hydroxylation sites is 2. The van der Waals surface area contributed by atoms with Crippen molar-refractivity contribution in [2.24, 2.45) is 0 Å². The van der Waals surface area contributed by atoms with Gasteiger partial charge in [-0.3, -0.25) is 0 Å². The molecule has 1 aromatic heterocycles. The summed E-state index contributed by atoms with van der Waals surface area (Å²) in [7, 11) is 0. The van der Waals surface area contributed by atoms with Crippen molar-refractivity contribution < 1.29 is 0 Å². The van der Waals surface area contributed by atoms with Crippen LogP contribution in [0.5, 0.6) is 0 Å². The van der Waals surface area contributed by atoms with Gasteiger partial charge in [-0.05, 0) is 12.1 Å². The second-order valence-corrected chi connectivity index (χ2v) is 5.02. The number of hydrogen-bond acceptors (Lipinski definition) is 6. The molecular formula is C12H15N5S. The quantitative estimate of drug-likeness (QED) is 0.829. The fourth-order valence-corrected chi connectivity index (χ4v) is 2.80. The van der Waals surface area contributed by atoms with Crippen LogP contribution in [-0.2, 0) is 0 Å². The van der Waals surface area contributed by atoms with Gasteiger partial charge in [0.25, 0.3) is 0 Å². The van der Waals surface area contributed by atoms with E-state index in [0.717, 1.165) is 42.7 Å². The zero-order chi connectivity index (χ0) is 12.4. The molecule has 3 rings (SSSR count). The summed E-state index contributed by atoms with van der Waals surface area (Å²) in [5.41, 5.74) is 7.99. The average molecular weight is 261 g/mol. The fourth-order valence-electron chi connectivity index (χ4n) is 2.22. The number of nitrogen functional groups attached to an aromatic ring is 1. The first-order valence-corrected chi connectivity index (χ1v) is 6.73. The van der Waals surface area contributed by atoms with Gasteiger partial charge in [-0.2, -0.15) is 4.37 Å². The van der Waals surface area contributed by atoms with Crippen LogP contribution in [0.4, 0.5) is 16.5 Å². The number of nitrogens with zero attached hydrogens (tertiary/aromatic N) is 4. The molecule has 1 saturated heterocycles. The average Bonchev–Trinajstić information content (AvgIpc) is 2.94. The van der Waals surface area contributed by atoms with E-state index >= 15 is 0 Å². The van der Waals surface area contributed by atoms with E-state index in [1.807, 2.05) is 18.2 Å². The zero-order valence-electron chi connectivity index (χ0n) is 9.99. The molecule has 1 aromatic carbocycles. The molecule has 2 N–H and O–H groups in total. The van der Waals surface area contributed by atoms with Crippen LogP contribution >= 0.6 is 11.5 Å². The molecule has 6 heteroatoms. The fraction of sp³-hybridized carbons (Fsp3) is 0.333. The summed E-state index contributed by atoms with van der Waals surface area (Å²) in [5, 5.41) is 1.01. The second-order valence-electron chi connectivity index (χ2n) is 4.26. The maximum absolute atomic E-state index is 6.01. The highest BCUT2D eigenvalue weighted by Gasteiger charge is 2.20. The molecule has 1 aliphatic rings. The van der Waals surface area contributed by atoms with E-state index in [0.29, 0.717) is 0 Å². The lowest BCUT2D eigenvalue weighted by molar-refractivity contribution is 0.652. The first-order valence-electron chi connectivity index (χ1n) is 5.95. The van der Waals surface area contributed by atoms with Gasteiger partial charge in [0, 0.05) is 37.7 Å². The molecular weight excluding hydrogens is 246 g/mol. The van der Waals surface area contributed by atoms with Crippen LogP contribution in [0, 0.1) is 0 Å². The molecule has 0 unspecified atom stereocenters. The number of piperazine rings is 1. The Morgan fingerprint density at radius 3 is 2.44 bits per heavy atom. The molecule has 2 aromatic rings. The highest BCUT2D eigenvalue weighted by atomic mass is 32.1. The number of aromatic nitrogens is 2. The van der Waals surface area contributed by atoms with Gasteiger partial charge < -0.3 is 15.5 Å². The second kappa shape index (κ2) is 4.81. The minimum absolute atomic E-state index is 0.849. The van der Waals surface area contributed by atoms with E-state index in [-0.39, 0.29) is 0 Å². The van der Waals surface area contributed by atoms with E-state index in [4.69, 9.17) is 5.73 Å². The van der Waals surface area contributed by atoms with E-state index in [9.17, 15) is 0 Å². The smallest absolute Gasteiger partial charge is 0.205 e. The summed E-state index contributed by atoms with van der Waals surface area (Å²) >= 11 is 1.45. The van der Waals surface area contributed by atoms with Crippen molar-refractivity contribution in [1.82, 2.24) is 9.36 Å². The van der Waals surface area contributed by atoms with Gasteiger partial charge in [0.05, 0.1) is 11.4 Å². The Morgan fingerprint density at radius 2 is 1.78 bits per heavy atom. The minimum Gasteiger partial charge on any atom is -0.397 e. The van der Waals surface area contributed by atoms with Gasteiger partial charge in [0.1, 0.15) is 6.33 Å². The Hall–Kier alpha value is -1.82. The highest BCUT2D eigenvalue weighted by molar-refractivity contribution is 7.09. The van der Waals surface area contributed by atoms with Crippen molar-refractivity contribution in [2.45, 2.75) is 0 Å². The van der Waals surface area contributed by atoms with E-state index < -0.39 is 0 Å². The molecule has 0 bridgehead atoms. The molecule has 0 spiro atoms. The SMILES string of the molecule is Nc1ccccc1N1CCN(c2ncns2)CC1. The molecule has 0 radical (unpaired) electrons. The van der Waals surface area contributed by atoms with Gasteiger partial charge in [-0.1, -0.05) is 12.1 Å². The Morgan fingerprint density at radius 1 is 1.06 bits per heavy atom. The van der Waals surface area contributed by atoms with Crippen LogP contribution in [0.25, 0.3) is 0 Å². The Labute approximate surface area is 110 Å². The Balaban J connectivity index is 1.69. The summed E-state index contributed by atoms with van der Waals surface area (Å²) in [5.74, 6) is 0. The summed E-state index contributed by atoms with van der Waals surface area (Å²) in [4.78, 5) is 8.84. The first kappa shape index (κ1) is 11.3. The molecule has 0 atom stereocenters. The van der Waals surface area contributed by atoms with Gasteiger partial charge in [-0.25, -0.2) is 4.98 Å². The van der Waals surface area contributed by atoms with E-state index in [1.165, 1.54) is 11.5 Å². The van der Waals surface area contributed by atoms with Gasteiger partial charge in [0.2, 0.25) is 5.13 Å². The van der Waals surface area contributed by atoms with Crippen LogP contribution < -0.4 is 15.5 Å². The van der Waals surface area contributed by atoms with Gasteiger partial charge >= 0.3 is 0 Å². The lowest BCUT2D eigenvalue weighted by Gasteiger charge is -2.36. The molecule has 18 heavy (non-hydrogen) atoms. The predicted octanol–water partition coefficient (Wildman–Crippen LogP) is 1.45. The monoisotopic (exact) mass is 261 g/mol. The van der Waals surface area contributed by atoms with Gasteiger partial charge in [-0.15, -0.1) is 0 Å².